The quantitative estimate of drug-likeness (QED) is 0.412. The molecule has 0 bridgehead atoms. The number of carbonyl (C=O) groups is 1. The van der Waals surface area contributed by atoms with Crippen LogP contribution in [0.3, 0.4) is 0 Å². The van der Waals surface area contributed by atoms with E-state index in [1.807, 2.05) is 49.5 Å². The fourth-order valence-corrected chi connectivity index (χ4v) is 3.70. The van der Waals surface area contributed by atoms with Crippen LogP contribution in [0.1, 0.15) is 23.9 Å². The van der Waals surface area contributed by atoms with Crippen LogP contribution in [-0.4, -0.2) is 25.4 Å². The Morgan fingerprint density at radius 2 is 1.91 bits per heavy atom. The zero-order valence-corrected chi connectivity index (χ0v) is 18.7. The number of fused-ring (bicyclic) bond motifs is 2. The number of amides is 1. The number of rotatable bonds is 4. The van der Waals surface area contributed by atoms with Gasteiger partial charge in [-0.15, -0.1) is 0 Å². The molecule has 3 aromatic heterocycles. The summed E-state index contributed by atoms with van der Waals surface area (Å²) < 4.78 is 8.23. The lowest BCUT2D eigenvalue weighted by atomic mass is 10.2. The summed E-state index contributed by atoms with van der Waals surface area (Å²) >= 11 is 0. The number of aryl methyl sites for hydroxylation is 1. The Kier molecular flexibility index (Phi) is 5.63. The number of hydrogen-bond acceptors (Lipinski definition) is 5. The van der Waals surface area contributed by atoms with Gasteiger partial charge in [-0.25, -0.2) is 15.0 Å². The first-order valence-electron chi connectivity index (χ1n) is 10.8. The van der Waals surface area contributed by atoms with Gasteiger partial charge in [0.2, 0.25) is 11.8 Å². The van der Waals surface area contributed by atoms with Crippen molar-refractivity contribution < 1.29 is 9.53 Å². The van der Waals surface area contributed by atoms with E-state index in [1.165, 1.54) is 6.92 Å². The molecule has 0 radical (unpaired) electrons. The molecule has 0 saturated heterocycles. The van der Waals surface area contributed by atoms with E-state index in [9.17, 15) is 4.79 Å². The fraction of sp³-hybridized carbons (Fsp3) is 0.111. The van der Waals surface area contributed by atoms with E-state index in [0.29, 0.717) is 35.0 Å². The number of benzene rings is 2. The summed E-state index contributed by atoms with van der Waals surface area (Å²) in [5, 5.41) is 3.91. The van der Waals surface area contributed by atoms with Crippen molar-refractivity contribution in [3.8, 4) is 17.7 Å². The number of aromatic nitrogens is 4. The first kappa shape index (κ1) is 21.2. The van der Waals surface area contributed by atoms with Crippen molar-refractivity contribution >= 4 is 33.7 Å². The molecule has 34 heavy (non-hydrogen) atoms. The topological polar surface area (TPSA) is 81.9 Å². The molecule has 0 fully saturated rings. The lowest BCUT2D eigenvalue weighted by molar-refractivity contribution is -0.114. The molecule has 1 amide bonds. The van der Waals surface area contributed by atoms with Crippen LogP contribution in [0.4, 0.5) is 5.69 Å². The van der Waals surface area contributed by atoms with Crippen LogP contribution < -0.4 is 10.1 Å². The lowest BCUT2D eigenvalue weighted by Gasteiger charge is -2.09. The molecule has 1 N–H and O–H groups in total. The average molecular weight is 447 g/mol. The van der Waals surface area contributed by atoms with Gasteiger partial charge in [0.05, 0.1) is 5.69 Å². The van der Waals surface area contributed by atoms with Crippen LogP contribution in [0.15, 0.2) is 72.9 Å². The zero-order valence-electron chi connectivity index (χ0n) is 18.7. The number of nitrogens with zero attached hydrogens (tertiary/aromatic N) is 4. The van der Waals surface area contributed by atoms with Crippen LogP contribution in [0, 0.1) is 11.8 Å². The van der Waals surface area contributed by atoms with Crippen LogP contribution in [0.25, 0.3) is 22.1 Å². The summed E-state index contributed by atoms with van der Waals surface area (Å²) in [7, 11) is 2.01. The average Bonchev–Trinajstić information content (AvgIpc) is 3.16. The van der Waals surface area contributed by atoms with Gasteiger partial charge in [0.1, 0.15) is 12.1 Å². The highest BCUT2D eigenvalue weighted by Gasteiger charge is 2.12. The molecular weight excluding hydrogens is 426 g/mol. The summed E-state index contributed by atoms with van der Waals surface area (Å²) in [5.74, 6) is 6.37. The summed E-state index contributed by atoms with van der Waals surface area (Å²) in [4.78, 5) is 24.9. The summed E-state index contributed by atoms with van der Waals surface area (Å²) in [6.07, 6.45) is 1.67. The van der Waals surface area contributed by atoms with E-state index in [0.717, 1.165) is 22.2 Å². The molecule has 0 saturated carbocycles. The molecule has 2 aromatic carbocycles. The second kappa shape index (κ2) is 9.04. The number of pyridine rings is 1. The Hall–Kier alpha value is -4.70. The maximum Gasteiger partial charge on any atom is 0.250 e. The van der Waals surface area contributed by atoms with Crippen LogP contribution >= 0.6 is 0 Å². The minimum atomic E-state index is -0.138. The molecule has 0 aliphatic heterocycles. The van der Waals surface area contributed by atoms with Gasteiger partial charge in [-0.3, -0.25) is 4.79 Å². The number of nitrogens with one attached hydrogen (secondary N) is 1. The van der Waals surface area contributed by atoms with Gasteiger partial charge in [-0.2, -0.15) is 0 Å². The highest BCUT2D eigenvalue weighted by molar-refractivity contribution is 5.88. The number of hydrogen-bond donors (Lipinski definition) is 1. The van der Waals surface area contributed by atoms with Gasteiger partial charge >= 0.3 is 0 Å². The van der Waals surface area contributed by atoms with Crippen molar-refractivity contribution in [3.63, 3.8) is 0 Å². The standard InChI is InChI=1S/C27H21N5O2/c1-18(33)29-21-9-5-7-19(15-21)12-13-24-27(31-23-10-6-14-28-26(23)30-24)34-17-22-16-20-8-3-4-11-25(20)32(22)2/h3-11,14-16H,17H2,1-2H3,(H,29,33). The molecule has 0 atom stereocenters. The van der Waals surface area contributed by atoms with Crippen molar-refractivity contribution in [2.45, 2.75) is 13.5 Å². The molecule has 3 heterocycles. The van der Waals surface area contributed by atoms with Gasteiger partial charge in [0.25, 0.3) is 0 Å². The monoisotopic (exact) mass is 447 g/mol. The van der Waals surface area contributed by atoms with E-state index < -0.39 is 0 Å². The van der Waals surface area contributed by atoms with Gasteiger partial charge in [-0.1, -0.05) is 30.2 Å². The van der Waals surface area contributed by atoms with Crippen molar-refractivity contribution in [3.05, 3.63) is 89.9 Å². The molecule has 166 valence electrons. The Bertz CT molecular complexity index is 1590. The molecule has 7 heteroatoms. The van der Waals surface area contributed by atoms with Crippen molar-refractivity contribution in [2.24, 2.45) is 7.05 Å². The largest absolute Gasteiger partial charge is 0.469 e. The van der Waals surface area contributed by atoms with Crippen LogP contribution in [-0.2, 0) is 18.4 Å². The minimum Gasteiger partial charge on any atom is -0.469 e. The van der Waals surface area contributed by atoms with Gasteiger partial charge in [0, 0.05) is 36.9 Å². The summed E-state index contributed by atoms with van der Waals surface area (Å²) in [5.41, 5.74) is 5.08. The van der Waals surface area contributed by atoms with Crippen molar-refractivity contribution in [2.75, 3.05) is 5.32 Å². The Morgan fingerprint density at radius 3 is 2.76 bits per heavy atom. The Balaban J connectivity index is 1.49. The van der Waals surface area contributed by atoms with E-state index in [-0.39, 0.29) is 5.91 Å². The lowest BCUT2D eigenvalue weighted by Crippen LogP contribution is -2.06. The minimum absolute atomic E-state index is 0.138. The maximum atomic E-state index is 11.4. The predicted molar refractivity (Wildman–Crippen MR) is 131 cm³/mol. The normalized spacial score (nSPS) is 10.6. The third-order valence-electron chi connectivity index (χ3n) is 5.32. The van der Waals surface area contributed by atoms with Gasteiger partial charge < -0.3 is 14.6 Å². The van der Waals surface area contributed by atoms with Crippen molar-refractivity contribution in [1.82, 2.24) is 19.5 Å². The highest BCUT2D eigenvalue weighted by Crippen LogP contribution is 2.22. The third kappa shape index (κ3) is 4.43. The van der Waals surface area contributed by atoms with Crippen molar-refractivity contribution in [1.29, 1.82) is 0 Å². The second-order valence-electron chi connectivity index (χ2n) is 7.78. The molecule has 0 aliphatic carbocycles. The molecular formula is C27H21N5O2. The predicted octanol–water partition coefficient (Wildman–Crippen LogP) is 4.45. The van der Waals surface area contributed by atoms with E-state index in [2.05, 4.69) is 54.9 Å². The first-order chi connectivity index (χ1) is 16.6. The SMILES string of the molecule is CC(=O)Nc1cccc(C#Cc2nc3ncccc3nc2OCc2cc3ccccc3n2C)c1. The number of carbonyl (C=O) groups excluding carboxylic acids is 1. The number of anilines is 1. The fourth-order valence-electron chi connectivity index (χ4n) is 3.70. The van der Waals surface area contributed by atoms with Crippen LogP contribution in [0.2, 0.25) is 0 Å². The molecule has 7 nitrogen and oxygen atoms in total. The Labute approximate surface area is 196 Å². The molecule has 5 rings (SSSR count). The summed E-state index contributed by atoms with van der Waals surface area (Å²) in [6, 6.07) is 21.2. The maximum absolute atomic E-state index is 11.4. The number of ether oxygens (including phenoxy) is 1. The van der Waals surface area contributed by atoms with E-state index in [1.54, 1.807) is 12.3 Å². The van der Waals surface area contributed by atoms with Gasteiger partial charge in [-0.05, 0) is 53.8 Å². The molecule has 0 aliphatic rings. The molecule has 0 spiro atoms. The molecule has 5 aromatic rings. The highest BCUT2D eigenvalue weighted by atomic mass is 16.5. The molecule has 0 unspecified atom stereocenters. The summed E-state index contributed by atoms with van der Waals surface area (Å²) in [6.45, 7) is 1.79. The Morgan fingerprint density at radius 1 is 1.03 bits per heavy atom. The second-order valence-corrected chi connectivity index (χ2v) is 7.78. The van der Waals surface area contributed by atoms with E-state index in [4.69, 9.17) is 4.74 Å². The van der Waals surface area contributed by atoms with Gasteiger partial charge in [0.15, 0.2) is 11.3 Å². The zero-order chi connectivity index (χ0) is 23.5. The number of para-hydroxylation sites is 1. The van der Waals surface area contributed by atoms with E-state index >= 15 is 0 Å². The third-order valence-corrected chi connectivity index (χ3v) is 5.32. The van der Waals surface area contributed by atoms with Crippen LogP contribution in [0.5, 0.6) is 5.88 Å². The smallest absolute Gasteiger partial charge is 0.250 e. The first-order valence-corrected chi connectivity index (χ1v) is 10.8.